The second-order valence-corrected chi connectivity index (χ2v) is 7.98. The van der Waals surface area contributed by atoms with Crippen LogP contribution in [0.4, 0.5) is 0 Å². The Balaban J connectivity index is 2.36. The smallest absolute Gasteiger partial charge is 0.241 e. The summed E-state index contributed by atoms with van der Waals surface area (Å²) in [6, 6.07) is 12.1. The number of hydrogen-bond donors (Lipinski definition) is 1. The molecule has 0 saturated heterocycles. The van der Waals surface area contributed by atoms with E-state index in [2.05, 4.69) is 18.6 Å². The van der Waals surface area contributed by atoms with E-state index in [1.165, 1.54) is 0 Å². The minimum atomic E-state index is -3.55. The van der Waals surface area contributed by atoms with Crippen LogP contribution in [0.3, 0.4) is 0 Å². The maximum Gasteiger partial charge on any atom is 0.241 e. The number of methoxy groups -OCH3 is 1. The molecule has 0 bridgehead atoms. The number of benzene rings is 2. The van der Waals surface area contributed by atoms with Gasteiger partial charge in [0.25, 0.3) is 0 Å². The normalized spacial score (nSPS) is 13.1. The van der Waals surface area contributed by atoms with Crippen LogP contribution < -0.4 is 9.46 Å². The van der Waals surface area contributed by atoms with Gasteiger partial charge in [-0.2, -0.15) is 0 Å². The highest BCUT2D eigenvalue weighted by Crippen LogP contribution is 2.32. The summed E-state index contributed by atoms with van der Waals surface area (Å²) >= 11 is 0. The predicted octanol–water partition coefficient (Wildman–Crippen LogP) is 4.17. The molecular formula is C19H25NO3S. The molecule has 0 fully saturated rings. The van der Waals surface area contributed by atoms with Crippen molar-refractivity contribution < 1.29 is 13.2 Å². The first-order chi connectivity index (χ1) is 11.3. The third-order valence-corrected chi connectivity index (χ3v) is 5.65. The fourth-order valence-electron chi connectivity index (χ4n) is 2.77. The van der Waals surface area contributed by atoms with Crippen LogP contribution in [0, 0.1) is 6.92 Å². The van der Waals surface area contributed by atoms with E-state index >= 15 is 0 Å². The third kappa shape index (κ3) is 3.97. The lowest BCUT2D eigenvalue weighted by molar-refractivity contribution is 0.406. The van der Waals surface area contributed by atoms with Crippen LogP contribution in [-0.2, 0) is 10.0 Å². The van der Waals surface area contributed by atoms with Gasteiger partial charge in [0.05, 0.1) is 12.0 Å². The van der Waals surface area contributed by atoms with Crippen molar-refractivity contribution in [1.29, 1.82) is 0 Å². The molecule has 2 aromatic carbocycles. The highest BCUT2D eigenvalue weighted by atomic mass is 32.2. The zero-order chi connectivity index (χ0) is 17.9. The van der Waals surface area contributed by atoms with Crippen molar-refractivity contribution in [3.05, 3.63) is 59.2 Å². The molecule has 1 unspecified atom stereocenters. The fraction of sp³-hybridized carbons (Fsp3) is 0.368. The topological polar surface area (TPSA) is 55.4 Å². The van der Waals surface area contributed by atoms with Crippen LogP contribution in [0.1, 0.15) is 49.4 Å². The van der Waals surface area contributed by atoms with Crippen LogP contribution in [0.5, 0.6) is 5.75 Å². The first-order valence-electron chi connectivity index (χ1n) is 8.02. The van der Waals surface area contributed by atoms with Crippen molar-refractivity contribution in [2.45, 2.75) is 44.6 Å². The molecule has 0 radical (unpaired) electrons. The Morgan fingerprint density at radius 2 is 1.62 bits per heavy atom. The van der Waals surface area contributed by atoms with E-state index in [0.717, 1.165) is 22.4 Å². The highest BCUT2D eigenvalue weighted by molar-refractivity contribution is 7.89. The van der Waals surface area contributed by atoms with Gasteiger partial charge in [-0.25, -0.2) is 13.1 Å². The second kappa shape index (κ2) is 7.36. The molecule has 0 aliphatic carbocycles. The summed E-state index contributed by atoms with van der Waals surface area (Å²) in [5.74, 6) is 1.13. The lowest BCUT2D eigenvalue weighted by atomic mass is 9.94. The Morgan fingerprint density at radius 1 is 1.00 bits per heavy atom. The molecule has 0 amide bonds. The van der Waals surface area contributed by atoms with Crippen molar-refractivity contribution in [3.8, 4) is 5.75 Å². The summed E-state index contributed by atoms with van der Waals surface area (Å²) in [7, 11) is -1.90. The molecule has 0 aromatic heterocycles. The SMILES string of the molecule is COc1cc(C)c(C(C)NS(=O)(=O)c2ccccc2)cc1C(C)C. The molecule has 1 N–H and O–H groups in total. The van der Waals surface area contributed by atoms with Crippen LogP contribution in [-0.4, -0.2) is 15.5 Å². The molecule has 5 heteroatoms. The van der Waals surface area contributed by atoms with E-state index < -0.39 is 10.0 Å². The molecule has 0 aliphatic rings. The van der Waals surface area contributed by atoms with Gasteiger partial charge >= 0.3 is 0 Å². The van der Waals surface area contributed by atoms with Crippen LogP contribution in [0.25, 0.3) is 0 Å². The van der Waals surface area contributed by atoms with Crippen LogP contribution in [0.15, 0.2) is 47.4 Å². The van der Waals surface area contributed by atoms with E-state index in [-0.39, 0.29) is 16.9 Å². The minimum absolute atomic E-state index is 0.270. The molecule has 0 spiro atoms. The van der Waals surface area contributed by atoms with E-state index in [1.54, 1.807) is 37.4 Å². The van der Waals surface area contributed by atoms with Gasteiger partial charge in [0.15, 0.2) is 0 Å². The predicted molar refractivity (Wildman–Crippen MR) is 97.0 cm³/mol. The standard InChI is InChI=1S/C19H25NO3S/c1-13(2)17-12-18(14(3)11-19(17)23-5)15(4)20-24(21,22)16-9-7-6-8-10-16/h6-13,15,20H,1-5H3. The van der Waals surface area contributed by atoms with Crippen molar-refractivity contribution in [1.82, 2.24) is 4.72 Å². The summed E-state index contributed by atoms with van der Waals surface area (Å²) in [6.45, 7) is 8.01. The summed E-state index contributed by atoms with van der Waals surface area (Å²) in [6.07, 6.45) is 0. The molecule has 0 aliphatic heterocycles. The Hall–Kier alpha value is -1.85. The van der Waals surface area contributed by atoms with Gasteiger partial charge in [-0.1, -0.05) is 32.0 Å². The van der Waals surface area contributed by atoms with E-state index in [1.807, 2.05) is 26.0 Å². The van der Waals surface area contributed by atoms with Crippen LogP contribution in [0.2, 0.25) is 0 Å². The molecule has 4 nitrogen and oxygen atoms in total. The van der Waals surface area contributed by atoms with Gasteiger partial charge in [0, 0.05) is 6.04 Å². The summed E-state index contributed by atoms with van der Waals surface area (Å²) in [5, 5.41) is 0. The number of aryl methyl sites for hydroxylation is 1. The van der Waals surface area contributed by atoms with E-state index in [0.29, 0.717) is 0 Å². The molecule has 0 heterocycles. The Morgan fingerprint density at radius 3 is 2.17 bits per heavy atom. The first kappa shape index (κ1) is 18.5. The molecule has 2 rings (SSSR count). The first-order valence-corrected chi connectivity index (χ1v) is 9.50. The van der Waals surface area contributed by atoms with Crippen LogP contribution >= 0.6 is 0 Å². The van der Waals surface area contributed by atoms with Crippen molar-refractivity contribution in [2.75, 3.05) is 7.11 Å². The second-order valence-electron chi connectivity index (χ2n) is 6.26. The van der Waals surface area contributed by atoms with Crippen molar-refractivity contribution in [3.63, 3.8) is 0 Å². The summed E-state index contributed by atoms with van der Waals surface area (Å²) in [4.78, 5) is 0.270. The molecule has 2 aromatic rings. The summed E-state index contributed by atoms with van der Waals surface area (Å²) < 4.78 is 33.3. The Kier molecular flexibility index (Phi) is 5.67. The fourth-order valence-corrected chi connectivity index (χ4v) is 4.02. The van der Waals surface area contributed by atoms with Crippen molar-refractivity contribution in [2.24, 2.45) is 0 Å². The number of hydrogen-bond acceptors (Lipinski definition) is 3. The Labute approximate surface area is 144 Å². The van der Waals surface area contributed by atoms with Gasteiger partial charge in [0.1, 0.15) is 5.75 Å². The zero-order valence-corrected chi connectivity index (χ0v) is 15.6. The number of sulfonamides is 1. The molecule has 24 heavy (non-hydrogen) atoms. The number of nitrogens with one attached hydrogen (secondary N) is 1. The monoisotopic (exact) mass is 347 g/mol. The minimum Gasteiger partial charge on any atom is -0.496 e. The lowest BCUT2D eigenvalue weighted by Crippen LogP contribution is -2.27. The van der Waals surface area contributed by atoms with Gasteiger partial charge in [-0.05, 0) is 60.7 Å². The maximum absolute atomic E-state index is 12.5. The average molecular weight is 347 g/mol. The number of ether oxygens (including phenoxy) is 1. The van der Waals surface area contributed by atoms with Gasteiger partial charge in [0.2, 0.25) is 10.0 Å². The van der Waals surface area contributed by atoms with Gasteiger partial charge in [-0.15, -0.1) is 0 Å². The van der Waals surface area contributed by atoms with Gasteiger partial charge in [-0.3, -0.25) is 0 Å². The molecule has 0 saturated carbocycles. The third-order valence-electron chi connectivity index (χ3n) is 4.09. The zero-order valence-electron chi connectivity index (χ0n) is 14.8. The van der Waals surface area contributed by atoms with E-state index in [4.69, 9.17) is 4.74 Å². The molecule has 130 valence electrons. The quantitative estimate of drug-likeness (QED) is 0.853. The van der Waals surface area contributed by atoms with Gasteiger partial charge < -0.3 is 4.74 Å². The van der Waals surface area contributed by atoms with Crippen molar-refractivity contribution >= 4 is 10.0 Å². The molecular weight excluding hydrogens is 322 g/mol. The number of rotatable bonds is 6. The largest absolute Gasteiger partial charge is 0.496 e. The molecule has 1 atom stereocenters. The highest BCUT2D eigenvalue weighted by Gasteiger charge is 2.21. The van der Waals surface area contributed by atoms with E-state index in [9.17, 15) is 8.42 Å². The average Bonchev–Trinajstić information content (AvgIpc) is 2.54. The Bertz CT molecular complexity index is 799. The lowest BCUT2D eigenvalue weighted by Gasteiger charge is -2.21. The summed E-state index contributed by atoms with van der Waals surface area (Å²) in [5.41, 5.74) is 3.03. The maximum atomic E-state index is 12.5.